The molecule has 8 nitrogen and oxygen atoms in total. The second-order valence-electron chi connectivity index (χ2n) is 8.07. The highest BCUT2D eigenvalue weighted by atomic mass is 79.9. The van der Waals surface area contributed by atoms with Crippen molar-refractivity contribution < 1.29 is 26.7 Å². The summed E-state index contributed by atoms with van der Waals surface area (Å²) in [4.78, 5) is 12.8. The topological polar surface area (TPSA) is 82.6 Å². The number of anilines is 1. The summed E-state index contributed by atoms with van der Waals surface area (Å²) in [6.45, 7) is 6.28. The molecule has 190 valence electrons. The van der Waals surface area contributed by atoms with Crippen LogP contribution < -0.4 is 5.32 Å². The molecule has 0 aliphatic carbocycles. The number of carbonyl (C=O) groups is 1. The zero-order valence-electron chi connectivity index (χ0n) is 19.4. The van der Waals surface area contributed by atoms with Gasteiger partial charge in [-0.05, 0) is 49.7 Å². The summed E-state index contributed by atoms with van der Waals surface area (Å²) in [5.74, 6) is -10.8. The Bertz CT molecular complexity index is 1480. The molecule has 0 atom stereocenters. The van der Waals surface area contributed by atoms with Crippen LogP contribution in [0.4, 0.5) is 27.6 Å². The predicted octanol–water partition coefficient (Wildman–Crippen LogP) is 4.77. The van der Waals surface area contributed by atoms with Crippen LogP contribution in [-0.4, -0.2) is 35.2 Å². The van der Waals surface area contributed by atoms with E-state index in [1.54, 1.807) is 10.9 Å². The Balaban J connectivity index is 1.54. The molecule has 1 N–H and O–H groups in total. The Morgan fingerprint density at radius 3 is 2.03 bits per heavy atom. The maximum Gasteiger partial charge on any atom is 0.276 e. The van der Waals surface area contributed by atoms with Crippen LogP contribution in [0.3, 0.4) is 0 Å². The first-order valence-corrected chi connectivity index (χ1v) is 11.3. The number of carbonyl (C=O) groups excluding carboxylic acids is 1. The van der Waals surface area contributed by atoms with E-state index < -0.39 is 47.1 Å². The number of amides is 1. The van der Waals surface area contributed by atoms with Gasteiger partial charge in [0.2, 0.25) is 5.82 Å². The average molecular weight is 572 g/mol. The van der Waals surface area contributed by atoms with E-state index in [1.165, 1.54) is 24.6 Å². The number of hydrogen-bond acceptors (Lipinski definition) is 4. The molecule has 4 aromatic rings. The smallest absolute Gasteiger partial charge is 0.276 e. The summed E-state index contributed by atoms with van der Waals surface area (Å²) in [6.07, 6.45) is 1.60. The number of aryl methyl sites for hydroxylation is 2. The van der Waals surface area contributed by atoms with Gasteiger partial charge in [0.25, 0.3) is 5.91 Å². The third kappa shape index (κ3) is 4.40. The van der Waals surface area contributed by atoms with Gasteiger partial charge >= 0.3 is 0 Å². The number of rotatable bonds is 6. The first-order chi connectivity index (χ1) is 16.9. The summed E-state index contributed by atoms with van der Waals surface area (Å²) >= 11 is 3.45. The SMILES string of the molecule is Cc1nn(Cn2ccc(C(=O)Nc3c(C)nn(Cc4c(F)c(F)c(F)c(F)c4F)c3C)n2)c(C)c1Br. The lowest BCUT2D eigenvalue weighted by Crippen LogP contribution is -2.16. The number of nitrogens with one attached hydrogen (secondary N) is 1. The molecule has 36 heavy (non-hydrogen) atoms. The van der Waals surface area contributed by atoms with Crippen molar-refractivity contribution in [2.24, 2.45) is 0 Å². The molecule has 0 saturated heterocycles. The average Bonchev–Trinajstić information content (AvgIpc) is 3.49. The molecule has 0 spiro atoms. The Hall–Kier alpha value is -3.55. The van der Waals surface area contributed by atoms with Gasteiger partial charge in [-0.1, -0.05) is 0 Å². The highest BCUT2D eigenvalue weighted by Crippen LogP contribution is 2.26. The van der Waals surface area contributed by atoms with Crippen molar-refractivity contribution in [2.75, 3.05) is 5.32 Å². The van der Waals surface area contributed by atoms with Crippen molar-refractivity contribution in [3.05, 3.63) is 79.9 Å². The maximum atomic E-state index is 14.1. The number of halogens is 6. The minimum atomic E-state index is -2.24. The molecule has 3 aromatic heterocycles. The lowest BCUT2D eigenvalue weighted by atomic mass is 10.1. The number of nitrogens with zero attached hydrogens (tertiary/aromatic N) is 6. The molecule has 1 aromatic carbocycles. The Labute approximate surface area is 209 Å². The molecule has 0 aliphatic rings. The maximum absolute atomic E-state index is 14.1. The fourth-order valence-corrected chi connectivity index (χ4v) is 3.94. The van der Waals surface area contributed by atoms with Crippen LogP contribution in [0.15, 0.2) is 16.7 Å². The van der Waals surface area contributed by atoms with Crippen molar-refractivity contribution in [1.29, 1.82) is 0 Å². The highest BCUT2D eigenvalue weighted by Gasteiger charge is 2.27. The zero-order chi connectivity index (χ0) is 26.5. The highest BCUT2D eigenvalue weighted by molar-refractivity contribution is 9.10. The second-order valence-corrected chi connectivity index (χ2v) is 8.87. The van der Waals surface area contributed by atoms with E-state index in [1.807, 2.05) is 13.8 Å². The minimum Gasteiger partial charge on any atom is -0.317 e. The van der Waals surface area contributed by atoms with E-state index in [0.717, 1.165) is 20.5 Å². The van der Waals surface area contributed by atoms with Gasteiger partial charge in [0.15, 0.2) is 29.0 Å². The Morgan fingerprint density at radius 1 is 0.861 bits per heavy atom. The molecule has 4 rings (SSSR count). The van der Waals surface area contributed by atoms with Crippen molar-refractivity contribution in [3.8, 4) is 0 Å². The lowest BCUT2D eigenvalue weighted by molar-refractivity contribution is 0.102. The summed E-state index contributed by atoms with van der Waals surface area (Å²) in [7, 11) is 0. The quantitative estimate of drug-likeness (QED) is 0.205. The first-order valence-electron chi connectivity index (χ1n) is 10.5. The van der Waals surface area contributed by atoms with Gasteiger partial charge in [0.05, 0.1) is 45.0 Å². The third-order valence-electron chi connectivity index (χ3n) is 5.67. The molecule has 0 saturated carbocycles. The summed E-state index contributed by atoms with van der Waals surface area (Å²) < 4.78 is 73.9. The van der Waals surface area contributed by atoms with E-state index in [4.69, 9.17) is 0 Å². The van der Waals surface area contributed by atoms with Crippen LogP contribution in [0.2, 0.25) is 0 Å². The molecular formula is C22H19BrF5N7O. The normalized spacial score (nSPS) is 11.4. The molecule has 14 heteroatoms. The third-order valence-corrected chi connectivity index (χ3v) is 6.82. The number of aromatic nitrogens is 6. The van der Waals surface area contributed by atoms with Gasteiger partial charge in [-0.15, -0.1) is 0 Å². The van der Waals surface area contributed by atoms with Gasteiger partial charge in [-0.3, -0.25) is 14.2 Å². The number of hydrogen-bond donors (Lipinski definition) is 1. The predicted molar refractivity (Wildman–Crippen MR) is 122 cm³/mol. The van der Waals surface area contributed by atoms with Crippen molar-refractivity contribution >= 4 is 27.5 Å². The molecular weight excluding hydrogens is 553 g/mol. The van der Waals surface area contributed by atoms with Gasteiger partial charge < -0.3 is 5.32 Å². The minimum absolute atomic E-state index is 0.0851. The van der Waals surface area contributed by atoms with Gasteiger partial charge in [-0.25, -0.2) is 26.6 Å². The van der Waals surface area contributed by atoms with Crippen LogP contribution in [0, 0.1) is 56.8 Å². The van der Waals surface area contributed by atoms with E-state index in [2.05, 4.69) is 36.5 Å². The van der Waals surface area contributed by atoms with E-state index in [0.29, 0.717) is 0 Å². The van der Waals surface area contributed by atoms with Gasteiger partial charge in [0, 0.05) is 6.20 Å². The van der Waals surface area contributed by atoms with Crippen molar-refractivity contribution in [3.63, 3.8) is 0 Å². The van der Waals surface area contributed by atoms with Crippen LogP contribution in [-0.2, 0) is 13.2 Å². The lowest BCUT2D eigenvalue weighted by Gasteiger charge is -2.10. The van der Waals surface area contributed by atoms with E-state index in [-0.39, 0.29) is 29.4 Å². The molecule has 0 bridgehead atoms. The van der Waals surface area contributed by atoms with Crippen LogP contribution in [0.25, 0.3) is 0 Å². The van der Waals surface area contributed by atoms with Gasteiger partial charge in [-0.2, -0.15) is 15.3 Å². The number of benzene rings is 1. The van der Waals surface area contributed by atoms with E-state index >= 15 is 0 Å². The Morgan fingerprint density at radius 2 is 1.44 bits per heavy atom. The molecule has 0 fully saturated rings. The second kappa shape index (κ2) is 9.48. The van der Waals surface area contributed by atoms with Crippen LogP contribution in [0.1, 0.15) is 38.8 Å². The van der Waals surface area contributed by atoms with Crippen LogP contribution >= 0.6 is 15.9 Å². The zero-order valence-corrected chi connectivity index (χ0v) is 21.0. The molecule has 3 heterocycles. The molecule has 0 unspecified atom stereocenters. The monoisotopic (exact) mass is 571 g/mol. The first kappa shape index (κ1) is 25.5. The summed E-state index contributed by atoms with van der Waals surface area (Å²) in [5, 5.41) is 15.4. The van der Waals surface area contributed by atoms with Crippen molar-refractivity contribution in [1.82, 2.24) is 29.3 Å². The molecule has 0 aliphatic heterocycles. The summed E-state index contributed by atoms with van der Waals surface area (Å²) in [6, 6.07) is 1.50. The van der Waals surface area contributed by atoms with E-state index in [9.17, 15) is 26.7 Å². The standard InChI is InChI=1S/C22H19BrF5N7O/c1-9-15(23)11(3)35(30-9)8-33-6-5-14(32-33)22(36)29-21-10(2)31-34(12(21)4)7-13-16(24)18(26)20(28)19(27)17(13)25/h5-6H,7-8H2,1-4H3,(H,29,36). The molecule has 1 amide bonds. The summed E-state index contributed by atoms with van der Waals surface area (Å²) in [5.41, 5.74) is 1.49. The van der Waals surface area contributed by atoms with Gasteiger partial charge in [0.1, 0.15) is 6.67 Å². The van der Waals surface area contributed by atoms with Crippen molar-refractivity contribution in [2.45, 2.75) is 40.9 Å². The fourth-order valence-electron chi connectivity index (χ4n) is 3.66. The Kier molecular flexibility index (Phi) is 6.73. The largest absolute Gasteiger partial charge is 0.317 e. The molecule has 0 radical (unpaired) electrons. The fraction of sp³-hybridized carbons (Fsp3) is 0.273. The van der Waals surface area contributed by atoms with Crippen LogP contribution in [0.5, 0.6) is 0 Å².